The molecule has 0 aromatic carbocycles. The van der Waals surface area contributed by atoms with Crippen LogP contribution in [0.25, 0.3) is 0 Å². The van der Waals surface area contributed by atoms with E-state index in [1.165, 1.54) is 82.6 Å². The Morgan fingerprint density at radius 2 is 1.13 bits per heavy atom. The number of nitrogens with zero attached hydrogens (tertiary/aromatic N) is 7. The molecule has 14 atom stereocenters. The number of aliphatic hydroxyl groups excluding tert-OH is 1. The molecule has 0 saturated carbocycles. The number of carbonyl (C=O) groups is 11. The Bertz CT molecular complexity index is 2610. The summed E-state index contributed by atoms with van der Waals surface area (Å²) in [6, 6.07) is -13.2. The highest BCUT2D eigenvalue weighted by molar-refractivity contribution is 7.98. The summed E-state index contributed by atoms with van der Waals surface area (Å²) in [5, 5.41) is 23.2. The third-order valence-electron chi connectivity index (χ3n) is 17.8. The quantitative estimate of drug-likeness (QED) is 0.0456. The van der Waals surface area contributed by atoms with Gasteiger partial charge in [0.15, 0.2) is 6.04 Å². The van der Waals surface area contributed by atoms with Crippen LogP contribution >= 0.6 is 11.8 Å². The zero-order valence-electron chi connectivity index (χ0n) is 58.9. The van der Waals surface area contributed by atoms with Crippen LogP contribution in [-0.4, -0.2) is 244 Å². The monoisotopic (exact) mass is 1290 g/mol. The van der Waals surface area contributed by atoms with Crippen molar-refractivity contribution >= 4 is 76.7 Å². The number of aliphatic hydroxyl groups is 1. The molecular weight excluding hydrogens is 1170 g/mol. The Morgan fingerprint density at radius 3 is 1.62 bits per heavy atom. The first-order chi connectivity index (χ1) is 41.5. The normalized spacial score (nSPS) is 29.0. The molecular formula is C65H114N11O13S+. The number of fused-ring (bicyclic) bond motifs is 1. The van der Waals surface area contributed by atoms with Gasteiger partial charge >= 0.3 is 5.91 Å². The summed E-state index contributed by atoms with van der Waals surface area (Å²) in [6.07, 6.45) is 4.28. The van der Waals surface area contributed by atoms with Crippen LogP contribution in [0.2, 0.25) is 0 Å². The van der Waals surface area contributed by atoms with Gasteiger partial charge in [0.25, 0.3) is 11.8 Å². The van der Waals surface area contributed by atoms with E-state index in [-0.39, 0.29) is 49.4 Å². The molecule has 2 aliphatic rings. The van der Waals surface area contributed by atoms with Gasteiger partial charge in [0.05, 0.1) is 24.7 Å². The summed E-state index contributed by atoms with van der Waals surface area (Å²) in [5.74, 6) is -9.95. The number of ether oxygens (including phenoxy) is 1. The van der Waals surface area contributed by atoms with Crippen LogP contribution < -0.4 is 21.3 Å². The Hall–Kier alpha value is -5.92. The summed E-state index contributed by atoms with van der Waals surface area (Å²) in [5.41, 5.74) is -1.46. The maximum Gasteiger partial charge on any atom is 0.336 e. The minimum atomic E-state index is -1.65. The van der Waals surface area contributed by atoms with Crippen LogP contribution in [0.1, 0.15) is 150 Å². The number of hydrogen-bond acceptors (Lipinski definition) is 14. The van der Waals surface area contributed by atoms with Gasteiger partial charge in [0.1, 0.15) is 60.1 Å². The molecule has 2 rings (SSSR count). The zero-order valence-corrected chi connectivity index (χ0v) is 59.7. The van der Waals surface area contributed by atoms with Gasteiger partial charge in [-0.25, -0.2) is 9.28 Å². The van der Waals surface area contributed by atoms with Gasteiger partial charge in [-0.2, -0.15) is 0 Å². The van der Waals surface area contributed by atoms with Crippen molar-refractivity contribution in [2.24, 2.45) is 35.5 Å². The number of thioether (sulfide) groups is 1. The molecule has 2 unspecified atom stereocenters. The Balaban J connectivity index is 3.05. The van der Waals surface area contributed by atoms with Crippen molar-refractivity contribution in [2.45, 2.75) is 228 Å². The first kappa shape index (κ1) is 80.2. The van der Waals surface area contributed by atoms with Crippen molar-refractivity contribution in [1.82, 2.24) is 50.7 Å². The molecule has 0 aromatic rings. The number of rotatable bonds is 17. The minimum absolute atomic E-state index is 0.0427. The predicted octanol–water partition coefficient (Wildman–Crippen LogP) is 3.75. The molecule has 0 radical (unpaired) electrons. The molecule has 512 valence electrons. The Kier molecular flexibility index (Phi) is 30.4. The summed E-state index contributed by atoms with van der Waals surface area (Å²) < 4.78 is 5.71. The number of hydrogen-bond donors (Lipinski definition) is 5. The molecule has 90 heavy (non-hydrogen) atoms. The number of carbonyl (C=O) groups excluding carboxylic acids is 11. The molecule has 0 aliphatic carbocycles. The van der Waals surface area contributed by atoms with Crippen LogP contribution in [-0.2, 0) is 57.5 Å². The summed E-state index contributed by atoms with van der Waals surface area (Å²) in [4.78, 5) is 170. The smallest absolute Gasteiger partial charge is 0.336 e. The number of likely N-dealkylation sites (N-methyl/N-ethyl adjacent to an activating group) is 7. The van der Waals surface area contributed by atoms with Gasteiger partial charge in [0.2, 0.25) is 53.3 Å². The van der Waals surface area contributed by atoms with Crippen molar-refractivity contribution in [2.75, 3.05) is 61.5 Å². The summed E-state index contributed by atoms with van der Waals surface area (Å²) in [6.45, 7) is 33.6. The zero-order chi connectivity index (χ0) is 69.7. The van der Waals surface area contributed by atoms with E-state index in [4.69, 9.17) is 4.74 Å². The van der Waals surface area contributed by atoms with Gasteiger partial charge in [-0.15, -0.1) is 11.8 Å². The maximum absolute atomic E-state index is 15.2. The summed E-state index contributed by atoms with van der Waals surface area (Å²) >= 11 is 1.39. The van der Waals surface area contributed by atoms with Crippen LogP contribution in [0.15, 0.2) is 24.4 Å². The highest BCUT2D eigenvalue weighted by atomic mass is 32.2. The molecule has 5 N–H and O–H groups in total. The average Bonchev–Trinajstić information content (AvgIpc) is 1.53. The molecule has 2 saturated heterocycles. The first-order valence-electron chi connectivity index (χ1n) is 31.8. The van der Waals surface area contributed by atoms with Crippen molar-refractivity contribution < 1.29 is 67.1 Å². The SMILES string of the molecule is C=C1C(=O)N(C)[C@@H](CC(C)(C)OCSC)C(=O)N[C@@H](C(C)C)C(=O)N(C)[C@@H](CC(C)C)C(=O)N[C@@H](C)C(=O)N[C@H](C)C(=O)[N+]2(C)C(C(C)C)[C@@H]2C(=O)N(C)[C@@H](CC(C)C)C(=O)N(C)[C@@H](C(C)C)C(=O)N(C)[C@@H]([C@H](O)[C@H](C)CC=CC)C(=O)N[C@@H](CC)C(=O)N1C. The third kappa shape index (κ3) is 19.6. The molecule has 0 bridgehead atoms. The molecule has 25 heteroatoms. The lowest BCUT2D eigenvalue weighted by atomic mass is 9.91. The van der Waals surface area contributed by atoms with Gasteiger partial charge < -0.3 is 60.5 Å². The molecule has 24 nitrogen and oxygen atoms in total. The maximum atomic E-state index is 15.2. The molecule has 2 heterocycles. The van der Waals surface area contributed by atoms with Gasteiger partial charge in [-0.1, -0.05) is 102 Å². The number of nitrogens with one attached hydrogen (secondary N) is 4. The van der Waals surface area contributed by atoms with E-state index in [0.717, 1.165) is 14.7 Å². The molecule has 2 fully saturated rings. The average molecular weight is 1290 g/mol. The molecule has 0 spiro atoms. The fourth-order valence-corrected chi connectivity index (χ4v) is 12.6. The second-order valence-corrected chi connectivity index (χ2v) is 28.4. The first-order valence-corrected chi connectivity index (χ1v) is 33.2. The number of quaternary nitrogens is 1. The third-order valence-corrected chi connectivity index (χ3v) is 18.2. The van der Waals surface area contributed by atoms with E-state index in [1.807, 2.05) is 47.8 Å². The lowest BCUT2D eigenvalue weighted by Gasteiger charge is -2.40. The van der Waals surface area contributed by atoms with E-state index in [1.54, 1.807) is 81.5 Å². The van der Waals surface area contributed by atoms with Crippen molar-refractivity contribution in [3.8, 4) is 0 Å². The van der Waals surface area contributed by atoms with E-state index >= 15 is 14.4 Å². The highest BCUT2D eigenvalue weighted by Crippen LogP contribution is 2.45. The van der Waals surface area contributed by atoms with Crippen LogP contribution in [0, 0.1) is 35.5 Å². The lowest BCUT2D eigenvalue weighted by Crippen LogP contribution is -2.63. The second-order valence-electron chi connectivity index (χ2n) is 27.6. The lowest BCUT2D eigenvalue weighted by molar-refractivity contribution is -0.723. The minimum Gasteiger partial charge on any atom is -0.390 e. The number of allylic oxidation sites excluding steroid dienone is 2. The van der Waals surface area contributed by atoms with Crippen LogP contribution in [0.3, 0.4) is 0 Å². The predicted molar refractivity (Wildman–Crippen MR) is 349 cm³/mol. The van der Waals surface area contributed by atoms with E-state index in [9.17, 15) is 43.5 Å². The topological polar surface area (TPSA) is 285 Å². The fraction of sp³-hybridized carbons (Fsp3) is 0.769. The van der Waals surface area contributed by atoms with E-state index in [0.29, 0.717) is 6.42 Å². The number of amides is 11. The van der Waals surface area contributed by atoms with Crippen molar-refractivity contribution in [3.05, 3.63) is 24.4 Å². The van der Waals surface area contributed by atoms with Crippen LogP contribution in [0.5, 0.6) is 0 Å². The highest BCUT2D eigenvalue weighted by Gasteiger charge is 2.74. The Labute approximate surface area is 541 Å². The van der Waals surface area contributed by atoms with E-state index in [2.05, 4.69) is 27.8 Å². The molecule has 2 aliphatic heterocycles. The van der Waals surface area contributed by atoms with Gasteiger partial charge in [-0.3, -0.25) is 47.9 Å². The van der Waals surface area contributed by atoms with Crippen molar-refractivity contribution in [1.29, 1.82) is 0 Å². The van der Waals surface area contributed by atoms with Gasteiger partial charge in [-0.05, 0) is 96.1 Å². The van der Waals surface area contributed by atoms with Crippen LogP contribution in [0.4, 0.5) is 0 Å². The second kappa shape index (κ2) is 34.1. The standard InChI is InChI=1S/C65H113N11O13S/c1-27-29-30-40(13)53(77)50-57(81)68-44(28-2)59(83)70(19)43(16)58(82)73(22)47(33-65(17,18)89-34-90-26)56(80)69-48(37(7)8)61(85)71(20)45(31-35(3)4)55(79)66-41(14)54(78)67-42(15)64(88)76(25)51(39(11)12)52(76)63(87)72(21)46(32-36(5)6)60(84)74(23)49(38(9)10)62(86)75(50)24/h27,29,35-42,44-53,77H,16,28,30-34H2,1-15,17-26H3,(H3-,66,67,68,69,78,79,80,81)/p+1/t40-,41+,42-,44+,45+,46+,47+,48+,49+,50+,51?,52-,53-,76?/m1/s1. The molecule has 0 aromatic heterocycles. The molecule has 11 amide bonds. The largest absolute Gasteiger partial charge is 0.390 e. The van der Waals surface area contributed by atoms with E-state index < -0.39 is 171 Å². The van der Waals surface area contributed by atoms with Gasteiger partial charge in [0, 0.05) is 54.6 Å². The van der Waals surface area contributed by atoms with Crippen molar-refractivity contribution in [3.63, 3.8) is 0 Å². The fourth-order valence-electron chi connectivity index (χ4n) is 12.1. The summed E-state index contributed by atoms with van der Waals surface area (Å²) in [7, 11) is 9.93. The Morgan fingerprint density at radius 1 is 0.622 bits per heavy atom.